The normalized spacial score (nSPS) is 15.9. The molecule has 1 fully saturated rings. The number of barbiturate groups is 1. The molecule has 0 spiro atoms. The molecule has 1 aliphatic rings. The molecule has 8 heteroatoms. The van der Waals surface area contributed by atoms with E-state index in [1.165, 1.54) is 6.08 Å². The Balaban J connectivity index is 2.04. The fraction of sp³-hybridized carbons (Fsp3) is 0.105. The van der Waals surface area contributed by atoms with Gasteiger partial charge in [-0.05, 0) is 93.6 Å². The average molecular weight is 587 g/mol. The third kappa shape index (κ3) is 4.00. The van der Waals surface area contributed by atoms with E-state index in [9.17, 15) is 14.4 Å². The van der Waals surface area contributed by atoms with Gasteiger partial charge in [0.15, 0.2) is 0 Å². The van der Waals surface area contributed by atoms with Gasteiger partial charge < -0.3 is 5.32 Å². The van der Waals surface area contributed by atoms with Crippen LogP contribution in [-0.4, -0.2) is 24.9 Å². The van der Waals surface area contributed by atoms with Crippen molar-refractivity contribution in [3.05, 3.63) is 60.2 Å². The minimum atomic E-state index is -0.748. The van der Waals surface area contributed by atoms with Crippen molar-refractivity contribution >= 4 is 80.5 Å². The second kappa shape index (κ2) is 7.97. The number of urea groups is 1. The molecule has 27 heavy (non-hydrogen) atoms. The highest BCUT2D eigenvalue weighted by molar-refractivity contribution is 14.1. The van der Waals surface area contributed by atoms with E-state index < -0.39 is 17.8 Å². The molecule has 0 unspecified atom stereocenters. The monoisotopic (exact) mass is 587 g/mol. The number of imide groups is 2. The van der Waals surface area contributed by atoms with Crippen LogP contribution in [0.15, 0.2) is 42.0 Å². The van der Waals surface area contributed by atoms with E-state index in [1.807, 2.05) is 32.2 Å². The summed E-state index contributed by atoms with van der Waals surface area (Å²) in [5.74, 6) is -1.34. The van der Waals surface area contributed by atoms with Crippen LogP contribution in [0, 0.1) is 14.1 Å². The first-order valence-electron chi connectivity index (χ1n) is 7.96. The molecule has 0 bridgehead atoms. The van der Waals surface area contributed by atoms with Crippen LogP contribution < -0.4 is 15.5 Å². The zero-order chi connectivity index (χ0) is 19.7. The van der Waals surface area contributed by atoms with Crippen LogP contribution in [0.3, 0.4) is 0 Å². The maximum atomic E-state index is 12.9. The number of rotatable bonds is 3. The number of carbonyl (C=O) groups is 3. The van der Waals surface area contributed by atoms with Gasteiger partial charge in [-0.25, -0.2) is 9.69 Å². The quantitative estimate of drug-likeness (QED) is 0.325. The molecule has 0 aliphatic carbocycles. The lowest BCUT2D eigenvalue weighted by molar-refractivity contribution is -0.122. The third-order valence-electron chi connectivity index (χ3n) is 3.99. The fourth-order valence-corrected chi connectivity index (χ4v) is 5.10. The van der Waals surface area contributed by atoms with E-state index >= 15 is 0 Å². The SMILES string of the molecule is CNc1c(I)cc(/C=C2\C(=O)NC(=O)N(c3cccc(C)c3)C2=O)cc1I. The summed E-state index contributed by atoms with van der Waals surface area (Å²) in [6.45, 7) is 1.87. The van der Waals surface area contributed by atoms with E-state index in [-0.39, 0.29) is 5.57 Å². The van der Waals surface area contributed by atoms with Crippen LogP contribution in [0.5, 0.6) is 0 Å². The second-order valence-corrected chi connectivity index (χ2v) is 8.23. The number of carbonyl (C=O) groups excluding carboxylic acids is 3. The summed E-state index contributed by atoms with van der Waals surface area (Å²) < 4.78 is 1.92. The summed E-state index contributed by atoms with van der Waals surface area (Å²) in [5, 5.41) is 5.36. The third-order valence-corrected chi connectivity index (χ3v) is 5.69. The smallest absolute Gasteiger partial charge is 0.335 e. The van der Waals surface area contributed by atoms with Gasteiger partial charge in [-0.15, -0.1) is 0 Å². The molecular weight excluding hydrogens is 572 g/mol. The first-order chi connectivity index (χ1) is 12.8. The number of nitrogens with one attached hydrogen (secondary N) is 2. The lowest BCUT2D eigenvalue weighted by atomic mass is 10.1. The molecule has 1 saturated heterocycles. The van der Waals surface area contributed by atoms with Crippen LogP contribution in [0.1, 0.15) is 11.1 Å². The Morgan fingerprint density at radius 2 is 1.74 bits per heavy atom. The van der Waals surface area contributed by atoms with Crippen LogP contribution in [0.4, 0.5) is 16.2 Å². The molecular formula is C19H15I2N3O3. The topological polar surface area (TPSA) is 78.5 Å². The molecule has 0 atom stereocenters. The Kier molecular flexibility index (Phi) is 5.84. The second-order valence-electron chi connectivity index (χ2n) is 5.91. The summed E-state index contributed by atoms with van der Waals surface area (Å²) >= 11 is 4.38. The minimum Gasteiger partial charge on any atom is -0.386 e. The van der Waals surface area contributed by atoms with Gasteiger partial charge in [0.2, 0.25) is 0 Å². The molecule has 0 aromatic heterocycles. The number of benzene rings is 2. The molecule has 2 aromatic carbocycles. The van der Waals surface area contributed by atoms with Gasteiger partial charge in [0.1, 0.15) is 5.57 Å². The summed E-state index contributed by atoms with van der Waals surface area (Å²) in [6, 6.07) is 9.99. The first-order valence-corrected chi connectivity index (χ1v) is 10.1. The zero-order valence-electron chi connectivity index (χ0n) is 14.5. The van der Waals surface area contributed by atoms with Gasteiger partial charge >= 0.3 is 6.03 Å². The molecule has 4 amide bonds. The molecule has 2 aromatic rings. The predicted octanol–water partition coefficient (Wildman–Crippen LogP) is 3.91. The van der Waals surface area contributed by atoms with E-state index in [2.05, 4.69) is 55.8 Å². The number of nitrogens with zero attached hydrogens (tertiary/aromatic N) is 1. The van der Waals surface area contributed by atoms with Gasteiger partial charge in [-0.1, -0.05) is 12.1 Å². The highest BCUT2D eigenvalue weighted by Gasteiger charge is 2.36. The van der Waals surface area contributed by atoms with E-state index in [4.69, 9.17) is 0 Å². The van der Waals surface area contributed by atoms with Crippen molar-refractivity contribution in [1.29, 1.82) is 0 Å². The van der Waals surface area contributed by atoms with Gasteiger partial charge in [0.05, 0.1) is 11.4 Å². The summed E-state index contributed by atoms with van der Waals surface area (Å²) in [6.07, 6.45) is 1.51. The van der Waals surface area contributed by atoms with Crippen LogP contribution in [0.2, 0.25) is 0 Å². The van der Waals surface area contributed by atoms with Crippen molar-refractivity contribution in [3.8, 4) is 0 Å². The number of halogens is 2. The number of anilines is 2. The maximum absolute atomic E-state index is 12.9. The number of aryl methyl sites for hydroxylation is 1. The van der Waals surface area contributed by atoms with Gasteiger partial charge in [0.25, 0.3) is 11.8 Å². The largest absolute Gasteiger partial charge is 0.386 e. The lowest BCUT2D eigenvalue weighted by Gasteiger charge is -2.26. The van der Waals surface area contributed by atoms with Crippen molar-refractivity contribution in [2.24, 2.45) is 0 Å². The average Bonchev–Trinajstić information content (AvgIpc) is 2.58. The molecule has 0 saturated carbocycles. The Morgan fingerprint density at radius 1 is 1.07 bits per heavy atom. The molecule has 1 aliphatic heterocycles. The minimum absolute atomic E-state index is 0.0834. The van der Waals surface area contributed by atoms with Crippen molar-refractivity contribution in [2.75, 3.05) is 17.3 Å². The van der Waals surface area contributed by atoms with Crippen molar-refractivity contribution in [2.45, 2.75) is 6.92 Å². The first kappa shape index (κ1) is 19.8. The fourth-order valence-electron chi connectivity index (χ4n) is 2.74. The number of hydrogen-bond donors (Lipinski definition) is 2. The van der Waals surface area contributed by atoms with Crippen LogP contribution in [0.25, 0.3) is 6.08 Å². The lowest BCUT2D eigenvalue weighted by Crippen LogP contribution is -2.54. The van der Waals surface area contributed by atoms with Gasteiger partial charge in [-0.2, -0.15) is 0 Å². The molecule has 6 nitrogen and oxygen atoms in total. The summed E-state index contributed by atoms with van der Waals surface area (Å²) in [7, 11) is 1.83. The van der Waals surface area contributed by atoms with E-state index in [1.54, 1.807) is 18.2 Å². The Hall–Kier alpha value is -1.95. The van der Waals surface area contributed by atoms with Crippen LogP contribution in [-0.2, 0) is 9.59 Å². The molecule has 0 radical (unpaired) electrons. The number of hydrogen-bond acceptors (Lipinski definition) is 4. The van der Waals surface area contributed by atoms with Gasteiger partial charge in [0, 0.05) is 14.2 Å². The van der Waals surface area contributed by atoms with E-state index in [0.717, 1.165) is 23.3 Å². The number of amides is 4. The molecule has 1 heterocycles. The molecule has 3 rings (SSSR count). The highest BCUT2D eigenvalue weighted by atomic mass is 127. The maximum Gasteiger partial charge on any atom is 0.335 e. The van der Waals surface area contributed by atoms with E-state index in [0.29, 0.717) is 11.3 Å². The van der Waals surface area contributed by atoms with Crippen LogP contribution >= 0.6 is 45.2 Å². The molecule has 2 N–H and O–H groups in total. The van der Waals surface area contributed by atoms with Gasteiger partial charge in [-0.3, -0.25) is 14.9 Å². The Morgan fingerprint density at radius 3 is 2.33 bits per heavy atom. The molecule has 138 valence electrons. The van der Waals surface area contributed by atoms with Crippen molar-refractivity contribution in [1.82, 2.24) is 5.32 Å². The highest BCUT2D eigenvalue weighted by Crippen LogP contribution is 2.28. The zero-order valence-corrected chi connectivity index (χ0v) is 18.8. The Labute approximate surface area is 183 Å². The van der Waals surface area contributed by atoms with Crippen molar-refractivity contribution in [3.63, 3.8) is 0 Å². The summed E-state index contributed by atoms with van der Waals surface area (Å²) in [5.41, 5.74) is 2.93. The summed E-state index contributed by atoms with van der Waals surface area (Å²) in [4.78, 5) is 38.4. The predicted molar refractivity (Wildman–Crippen MR) is 122 cm³/mol. The van der Waals surface area contributed by atoms with Crippen molar-refractivity contribution < 1.29 is 14.4 Å². The standard InChI is InChI=1S/C19H15I2N3O3/c1-10-4-3-5-12(6-10)24-18(26)13(17(25)23-19(24)27)7-11-8-14(20)16(22-2)15(21)9-11/h3-9,22H,1-2H3,(H,23,25,27)/b13-7+. The Bertz CT molecular complexity index is 978.